The molecule has 2 rings (SSSR count). The van der Waals surface area contributed by atoms with E-state index in [1.165, 1.54) is 11.6 Å². The molecular weight excluding hydrogens is 263 g/mol. The van der Waals surface area contributed by atoms with E-state index in [4.69, 9.17) is 11.6 Å². The second-order valence-electron chi connectivity index (χ2n) is 4.28. The van der Waals surface area contributed by atoms with Crippen LogP contribution in [0.15, 0.2) is 36.5 Å². The number of benzene rings is 1. The first-order valence-electron chi connectivity index (χ1n) is 6.28. The standard InChI is InChI=1S/C15H16ClFN2/c1-2-11-6-4-8-19-14(11)10-18-9-12-5-3-7-13(17)15(12)16/h3-8,18H,2,9-10H2,1H3. The Morgan fingerprint density at radius 2 is 1.95 bits per heavy atom. The minimum absolute atomic E-state index is 0.187. The van der Waals surface area contributed by atoms with Gasteiger partial charge in [0.15, 0.2) is 0 Å². The Kier molecular flexibility index (Phi) is 4.88. The Hall–Kier alpha value is -1.45. The van der Waals surface area contributed by atoms with Crippen molar-refractivity contribution in [1.82, 2.24) is 10.3 Å². The number of pyridine rings is 1. The van der Waals surface area contributed by atoms with Crippen LogP contribution in [-0.2, 0) is 19.5 Å². The number of aromatic nitrogens is 1. The van der Waals surface area contributed by atoms with E-state index in [0.717, 1.165) is 17.7 Å². The summed E-state index contributed by atoms with van der Waals surface area (Å²) in [5.74, 6) is -0.381. The molecule has 0 saturated heterocycles. The van der Waals surface area contributed by atoms with Gasteiger partial charge in [-0.2, -0.15) is 0 Å². The van der Waals surface area contributed by atoms with Crippen LogP contribution in [0.25, 0.3) is 0 Å². The average Bonchev–Trinajstić information content (AvgIpc) is 2.44. The summed E-state index contributed by atoms with van der Waals surface area (Å²) in [4.78, 5) is 4.35. The highest BCUT2D eigenvalue weighted by Crippen LogP contribution is 2.19. The normalized spacial score (nSPS) is 10.7. The molecule has 0 spiro atoms. The Labute approximate surface area is 117 Å². The first kappa shape index (κ1) is 14.0. The van der Waals surface area contributed by atoms with Crippen molar-refractivity contribution in [3.05, 3.63) is 64.2 Å². The van der Waals surface area contributed by atoms with Gasteiger partial charge in [-0.25, -0.2) is 4.39 Å². The molecule has 0 amide bonds. The van der Waals surface area contributed by atoms with E-state index in [-0.39, 0.29) is 10.8 Å². The molecule has 0 fully saturated rings. The number of nitrogens with one attached hydrogen (secondary N) is 1. The predicted octanol–water partition coefficient (Wildman–Crippen LogP) is 3.73. The van der Waals surface area contributed by atoms with Crippen LogP contribution in [0.2, 0.25) is 5.02 Å². The molecular formula is C15H16ClFN2. The Bertz CT molecular complexity index is 558. The molecule has 0 aliphatic carbocycles. The summed E-state index contributed by atoms with van der Waals surface area (Å²) in [5.41, 5.74) is 3.01. The highest BCUT2D eigenvalue weighted by atomic mass is 35.5. The lowest BCUT2D eigenvalue weighted by Crippen LogP contribution is -2.15. The van der Waals surface area contributed by atoms with Gasteiger partial charge < -0.3 is 5.32 Å². The summed E-state index contributed by atoms with van der Waals surface area (Å²) in [6, 6.07) is 8.85. The zero-order valence-electron chi connectivity index (χ0n) is 10.8. The number of nitrogens with zero attached hydrogens (tertiary/aromatic N) is 1. The van der Waals surface area contributed by atoms with Gasteiger partial charge in [0.2, 0.25) is 0 Å². The lowest BCUT2D eigenvalue weighted by Gasteiger charge is -2.09. The molecule has 1 heterocycles. The highest BCUT2D eigenvalue weighted by molar-refractivity contribution is 6.31. The first-order chi connectivity index (χ1) is 9.22. The molecule has 4 heteroatoms. The molecule has 0 radical (unpaired) electrons. The lowest BCUT2D eigenvalue weighted by molar-refractivity contribution is 0.619. The van der Waals surface area contributed by atoms with Crippen molar-refractivity contribution in [3.8, 4) is 0 Å². The third kappa shape index (κ3) is 3.52. The molecule has 0 aliphatic heterocycles. The Morgan fingerprint density at radius 3 is 2.74 bits per heavy atom. The van der Waals surface area contributed by atoms with Crippen molar-refractivity contribution < 1.29 is 4.39 Å². The van der Waals surface area contributed by atoms with Crippen LogP contribution in [-0.4, -0.2) is 4.98 Å². The van der Waals surface area contributed by atoms with Gasteiger partial charge in [0, 0.05) is 19.3 Å². The average molecular weight is 279 g/mol. The van der Waals surface area contributed by atoms with Crippen LogP contribution >= 0.6 is 11.6 Å². The molecule has 0 aliphatic rings. The molecule has 0 saturated carbocycles. The fraction of sp³-hybridized carbons (Fsp3) is 0.267. The predicted molar refractivity (Wildman–Crippen MR) is 75.6 cm³/mol. The molecule has 100 valence electrons. The van der Waals surface area contributed by atoms with E-state index in [1.807, 2.05) is 12.1 Å². The third-order valence-electron chi connectivity index (χ3n) is 3.00. The van der Waals surface area contributed by atoms with E-state index in [1.54, 1.807) is 12.3 Å². The number of hydrogen-bond acceptors (Lipinski definition) is 2. The minimum atomic E-state index is -0.381. The number of rotatable bonds is 5. The summed E-state index contributed by atoms with van der Waals surface area (Å²) in [7, 11) is 0. The lowest BCUT2D eigenvalue weighted by atomic mass is 10.1. The van der Waals surface area contributed by atoms with Crippen LogP contribution in [0.1, 0.15) is 23.7 Å². The molecule has 0 bridgehead atoms. The van der Waals surface area contributed by atoms with Crippen LogP contribution in [0.4, 0.5) is 4.39 Å². The summed E-state index contributed by atoms with van der Waals surface area (Å²) in [6.07, 6.45) is 2.73. The highest BCUT2D eigenvalue weighted by Gasteiger charge is 2.06. The van der Waals surface area contributed by atoms with Gasteiger partial charge in [0.1, 0.15) is 5.82 Å². The first-order valence-corrected chi connectivity index (χ1v) is 6.66. The molecule has 0 atom stereocenters. The number of aryl methyl sites for hydroxylation is 1. The van der Waals surface area contributed by atoms with Crippen LogP contribution in [0.3, 0.4) is 0 Å². The van der Waals surface area contributed by atoms with E-state index in [2.05, 4.69) is 23.3 Å². The van der Waals surface area contributed by atoms with Crippen molar-refractivity contribution in [2.45, 2.75) is 26.4 Å². The summed E-state index contributed by atoms with van der Waals surface area (Å²) >= 11 is 5.90. The molecule has 19 heavy (non-hydrogen) atoms. The molecule has 1 aromatic heterocycles. The van der Waals surface area contributed by atoms with Gasteiger partial charge in [-0.1, -0.05) is 36.7 Å². The van der Waals surface area contributed by atoms with Crippen molar-refractivity contribution in [1.29, 1.82) is 0 Å². The van der Waals surface area contributed by atoms with Gasteiger partial charge >= 0.3 is 0 Å². The van der Waals surface area contributed by atoms with Crippen molar-refractivity contribution in [2.75, 3.05) is 0 Å². The monoisotopic (exact) mass is 278 g/mol. The van der Waals surface area contributed by atoms with Gasteiger partial charge in [-0.3, -0.25) is 4.98 Å². The SMILES string of the molecule is CCc1cccnc1CNCc1cccc(F)c1Cl. The quantitative estimate of drug-likeness (QED) is 0.901. The summed E-state index contributed by atoms with van der Waals surface area (Å²) < 4.78 is 13.3. The van der Waals surface area contributed by atoms with Crippen molar-refractivity contribution in [2.24, 2.45) is 0 Å². The minimum Gasteiger partial charge on any atom is -0.307 e. The van der Waals surface area contributed by atoms with Gasteiger partial charge in [-0.05, 0) is 29.7 Å². The maximum Gasteiger partial charge on any atom is 0.142 e. The molecule has 1 aromatic carbocycles. The number of halogens is 2. The van der Waals surface area contributed by atoms with E-state index >= 15 is 0 Å². The number of hydrogen-bond donors (Lipinski definition) is 1. The zero-order chi connectivity index (χ0) is 13.7. The Morgan fingerprint density at radius 1 is 1.16 bits per heavy atom. The van der Waals surface area contributed by atoms with E-state index in [9.17, 15) is 4.39 Å². The maximum atomic E-state index is 13.3. The fourth-order valence-electron chi connectivity index (χ4n) is 1.95. The van der Waals surface area contributed by atoms with Crippen LogP contribution < -0.4 is 5.32 Å². The largest absolute Gasteiger partial charge is 0.307 e. The molecule has 2 aromatic rings. The van der Waals surface area contributed by atoms with Crippen molar-refractivity contribution in [3.63, 3.8) is 0 Å². The molecule has 1 N–H and O–H groups in total. The van der Waals surface area contributed by atoms with Gasteiger partial charge in [0.25, 0.3) is 0 Å². The van der Waals surface area contributed by atoms with Crippen molar-refractivity contribution >= 4 is 11.6 Å². The molecule has 2 nitrogen and oxygen atoms in total. The zero-order valence-corrected chi connectivity index (χ0v) is 11.5. The fourth-order valence-corrected chi connectivity index (χ4v) is 2.15. The third-order valence-corrected chi connectivity index (χ3v) is 3.43. The summed E-state index contributed by atoms with van der Waals surface area (Å²) in [6.45, 7) is 3.27. The topological polar surface area (TPSA) is 24.9 Å². The van der Waals surface area contributed by atoms with E-state index in [0.29, 0.717) is 13.1 Å². The van der Waals surface area contributed by atoms with Gasteiger partial charge in [-0.15, -0.1) is 0 Å². The van der Waals surface area contributed by atoms with Crippen LogP contribution in [0.5, 0.6) is 0 Å². The van der Waals surface area contributed by atoms with Gasteiger partial charge in [0.05, 0.1) is 10.7 Å². The van der Waals surface area contributed by atoms with E-state index < -0.39 is 0 Å². The smallest absolute Gasteiger partial charge is 0.142 e. The molecule has 0 unspecified atom stereocenters. The van der Waals surface area contributed by atoms with Crippen LogP contribution in [0, 0.1) is 5.82 Å². The second kappa shape index (κ2) is 6.64. The Balaban J connectivity index is 1.98. The maximum absolute atomic E-state index is 13.3. The second-order valence-corrected chi connectivity index (χ2v) is 4.66. The summed E-state index contributed by atoms with van der Waals surface area (Å²) in [5, 5.41) is 3.43.